The molecule has 2 aromatic rings. The number of rotatable bonds is 5. The predicted molar refractivity (Wildman–Crippen MR) is 93.9 cm³/mol. The zero-order chi connectivity index (χ0) is 17.8. The second-order valence-corrected chi connectivity index (χ2v) is 5.98. The number of nitrogens with zero attached hydrogens (tertiary/aromatic N) is 3. The highest BCUT2D eigenvalue weighted by atomic mass is 16.5. The summed E-state index contributed by atoms with van der Waals surface area (Å²) in [6.07, 6.45) is 5.59. The maximum Gasteiger partial charge on any atom is 0.252 e. The van der Waals surface area contributed by atoms with Gasteiger partial charge >= 0.3 is 0 Å². The van der Waals surface area contributed by atoms with E-state index in [1.165, 1.54) is 6.07 Å². The fourth-order valence-corrected chi connectivity index (χ4v) is 2.99. The van der Waals surface area contributed by atoms with Crippen molar-refractivity contribution in [3.05, 3.63) is 35.4 Å². The number of fused-ring (bicyclic) bond motifs is 1. The number of hydrogen-bond donors (Lipinski definition) is 2. The highest BCUT2D eigenvalue weighted by molar-refractivity contribution is 6.22. The van der Waals surface area contributed by atoms with Crippen LogP contribution in [0.4, 0.5) is 0 Å². The number of phenolic OH excluding ortho intramolecular Hbond substituents is 1. The number of primary amides is 1. The molecule has 0 spiro atoms. The minimum atomic E-state index is -0.604. The first kappa shape index (κ1) is 17.0. The maximum atomic E-state index is 12.0. The Morgan fingerprint density at radius 3 is 2.92 bits per heavy atom. The van der Waals surface area contributed by atoms with Gasteiger partial charge in [0.25, 0.3) is 5.91 Å². The van der Waals surface area contributed by atoms with Crippen molar-refractivity contribution < 1.29 is 14.6 Å². The topological polar surface area (TPSA) is 103 Å². The molecule has 132 valence electrons. The number of carbonyl (C=O) groups excluding carboxylic acids is 1. The summed E-state index contributed by atoms with van der Waals surface area (Å²) in [6, 6.07) is 4.93. The summed E-state index contributed by atoms with van der Waals surface area (Å²) in [4.78, 5) is 12.0. The average Bonchev–Trinajstić information content (AvgIpc) is 2.82. The zero-order valence-corrected chi connectivity index (χ0v) is 14.2. The van der Waals surface area contributed by atoms with Crippen LogP contribution in [0.1, 0.15) is 43.4 Å². The first-order valence-electron chi connectivity index (χ1n) is 8.50. The second kappa shape index (κ2) is 7.38. The van der Waals surface area contributed by atoms with Gasteiger partial charge in [-0.15, -0.1) is 10.2 Å². The Bertz CT molecular complexity index is 811. The molecule has 0 radical (unpaired) electrons. The standard InChI is InChI=1S/C18H22N4O3/c1-2-25-13-8-7-12(15(23)11-13)10-14(17(19)24)18-21-20-16-6-4-3-5-9-22(16)18/h7-8,10-11,23H,2-6,9H2,1H3,(H2,19,24)/b14-10+. The third-order valence-corrected chi connectivity index (χ3v) is 4.23. The summed E-state index contributed by atoms with van der Waals surface area (Å²) in [5, 5.41) is 18.6. The molecule has 0 aliphatic carbocycles. The molecule has 0 fully saturated rings. The third kappa shape index (κ3) is 3.65. The van der Waals surface area contributed by atoms with Crippen molar-refractivity contribution in [2.75, 3.05) is 6.61 Å². The molecule has 2 heterocycles. The Morgan fingerprint density at radius 2 is 2.20 bits per heavy atom. The fraction of sp³-hybridized carbons (Fsp3) is 0.389. The first-order chi connectivity index (χ1) is 12.1. The quantitative estimate of drug-likeness (QED) is 0.810. The number of aryl methyl sites for hydroxylation is 1. The number of phenols is 1. The van der Waals surface area contributed by atoms with E-state index in [1.54, 1.807) is 18.2 Å². The van der Waals surface area contributed by atoms with Gasteiger partial charge in [0.1, 0.15) is 17.3 Å². The molecular weight excluding hydrogens is 320 g/mol. The fourth-order valence-electron chi connectivity index (χ4n) is 2.99. The van der Waals surface area contributed by atoms with Gasteiger partial charge < -0.3 is 20.1 Å². The molecule has 1 amide bonds. The average molecular weight is 342 g/mol. The Morgan fingerprint density at radius 1 is 1.36 bits per heavy atom. The summed E-state index contributed by atoms with van der Waals surface area (Å²) in [5.41, 5.74) is 6.29. The highest BCUT2D eigenvalue weighted by Crippen LogP contribution is 2.28. The van der Waals surface area contributed by atoms with Crippen LogP contribution in [0.25, 0.3) is 11.6 Å². The van der Waals surface area contributed by atoms with Crippen LogP contribution in [-0.4, -0.2) is 32.4 Å². The van der Waals surface area contributed by atoms with Gasteiger partial charge in [-0.25, -0.2) is 0 Å². The highest BCUT2D eigenvalue weighted by Gasteiger charge is 2.21. The molecule has 0 atom stereocenters. The van der Waals surface area contributed by atoms with Crippen molar-refractivity contribution >= 4 is 17.6 Å². The van der Waals surface area contributed by atoms with E-state index in [-0.39, 0.29) is 11.3 Å². The van der Waals surface area contributed by atoms with Crippen LogP contribution in [0, 0.1) is 0 Å². The zero-order valence-electron chi connectivity index (χ0n) is 14.2. The lowest BCUT2D eigenvalue weighted by Gasteiger charge is -2.09. The van der Waals surface area contributed by atoms with E-state index in [2.05, 4.69) is 10.2 Å². The molecule has 1 aromatic heterocycles. The maximum absolute atomic E-state index is 12.0. The smallest absolute Gasteiger partial charge is 0.252 e. The lowest BCUT2D eigenvalue weighted by molar-refractivity contribution is -0.112. The van der Waals surface area contributed by atoms with Crippen LogP contribution >= 0.6 is 0 Å². The second-order valence-electron chi connectivity index (χ2n) is 5.98. The van der Waals surface area contributed by atoms with E-state index in [1.807, 2.05) is 11.5 Å². The monoisotopic (exact) mass is 342 g/mol. The van der Waals surface area contributed by atoms with E-state index < -0.39 is 5.91 Å². The summed E-state index contributed by atoms with van der Waals surface area (Å²) in [6.45, 7) is 3.14. The molecule has 3 N–H and O–H groups in total. The van der Waals surface area contributed by atoms with E-state index in [0.29, 0.717) is 23.7 Å². The van der Waals surface area contributed by atoms with Crippen molar-refractivity contribution in [3.8, 4) is 11.5 Å². The van der Waals surface area contributed by atoms with Crippen molar-refractivity contribution in [1.82, 2.24) is 14.8 Å². The number of aromatic nitrogens is 3. The van der Waals surface area contributed by atoms with Gasteiger partial charge in [0, 0.05) is 24.6 Å². The number of ether oxygens (including phenoxy) is 1. The van der Waals surface area contributed by atoms with Gasteiger partial charge in [-0.1, -0.05) is 6.42 Å². The molecule has 7 nitrogen and oxygen atoms in total. The Hall–Kier alpha value is -2.83. The lowest BCUT2D eigenvalue weighted by atomic mass is 10.1. The molecule has 0 bridgehead atoms. The molecule has 1 aliphatic rings. The molecule has 7 heteroatoms. The van der Waals surface area contributed by atoms with Gasteiger partial charge in [-0.2, -0.15) is 0 Å². The molecule has 0 saturated carbocycles. The first-order valence-corrected chi connectivity index (χ1v) is 8.50. The molecule has 3 rings (SSSR count). The number of hydrogen-bond acceptors (Lipinski definition) is 5. The van der Waals surface area contributed by atoms with Gasteiger partial charge in [0.2, 0.25) is 0 Å². The summed E-state index contributed by atoms with van der Waals surface area (Å²) in [7, 11) is 0. The van der Waals surface area contributed by atoms with Crippen molar-refractivity contribution in [3.63, 3.8) is 0 Å². The molecule has 25 heavy (non-hydrogen) atoms. The van der Waals surface area contributed by atoms with Crippen molar-refractivity contribution in [1.29, 1.82) is 0 Å². The van der Waals surface area contributed by atoms with Crippen molar-refractivity contribution in [2.24, 2.45) is 5.73 Å². The Kier molecular flexibility index (Phi) is 5.02. The Labute approximate surface area is 146 Å². The van der Waals surface area contributed by atoms with E-state index in [9.17, 15) is 9.90 Å². The van der Waals surface area contributed by atoms with Gasteiger partial charge in [-0.3, -0.25) is 4.79 Å². The molecule has 0 saturated heterocycles. The summed E-state index contributed by atoms with van der Waals surface area (Å²) in [5.74, 6) is 1.30. The molecule has 1 aliphatic heterocycles. The van der Waals surface area contributed by atoms with Gasteiger partial charge in [-0.05, 0) is 38.0 Å². The summed E-state index contributed by atoms with van der Waals surface area (Å²) >= 11 is 0. The SMILES string of the molecule is CCOc1ccc(/C=C(\C(N)=O)c2nnc3n2CCCCC3)c(O)c1. The van der Waals surface area contributed by atoms with Crippen molar-refractivity contribution in [2.45, 2.75) is 39.2 Å². The van der Waals surface area contributed by atoms with E-state index in [4.69, 9.17) is 10.5 Å². The van der Waals surface area contributed by atoms with Crippen LogP contribution in [-0.2, 0) is 17.8 Å². The van der Waals surface area contributed by atoms with Crippen LogP contribution in [0.3, 0.4) is 0 Å². The minimum Gasteiger partial charge on any atom is -0.507 e. The molecule has 0 unspecified atom stereocenters. The molecule has 1 aromatic carbocycles. The van der Waals surface area contributed by atoms with Crippen LogP contribution < -0.4 is 10.5 Å². The van der Waals surface area contributed by atoms with E-state index in [0.717, 1.165) is 38.1 Å². The number of carbonyl (C=O) groups is 1. The van der Waals surface area contributed by atoms with Gasteiger partial charge in [0.15, 0.2) is 5.82 Å². The van der Waals surface area contributed by atoms with Crippen LogP contribution in [0.2, 0.25) is 0 Å². The van der Waals surface area contributed by atoms with Gasteiger partial charge in [0.05, 0.1) is 12.2 Å². The van der Waals surface area contributed by atoms with Crippen LogP contribution in [0.5, 0.6) is 11.5 Å². The number of aromatic hydroxyl groups is 1. The summed E-state index contributed by atoms with van der Waals surface area (Å²) < 4.78 is 7.31. The Balaban J connectivity index is 2.01. The lowest BCUT2D eigenvalue weighted by Crippen LogP contribution is -2.17. The third-order valence-electron chi connectivity index (χ3n) is 4.23. The number of nitrogens with two attached hydrogens (primary N) is 1. The normalized spacial score (nSPS) is 14.7. The largest absolute Gasteiger partial charge is 0.507 e. The number of benzene rings is 1. The van der Waals surface area contributed by atoms with Crippen LogP contribution in [0.15, 0.2) is 18.2 Å². The minimum absolute atomic E-state index is 0.0142. The molecular formula is C18H22N4O3. The predicted octanol–water partition coefficient (Wildman–Crippen LogP) is 2.13. The van der Waals surface area contributed by atoms with E-state index >= 15 is 0 Å². The number of amides is 1.